The summed E-state index contributed by atoms with van der Waals surface area (Å²) in [5.41, 5.74) is 11.7. The Morgan fingerprint density at radius 1 is 0.848 bits per heavy atom. The van der Waals surface area contributed by atoms with Gasteiger partial charge >= 0.3 is 21.7 Å². The van der Waals surface area contributed by atoms with Crippen molar-refractivity contribution in [1.82, 2.24) is 0 Å². The Balaban J connectivity index is 0.000000733. The number of aryl methyl sites for hydroxylation is 2. The Morgan fingerprint density at radius 2 is 1.48 bits per heavy atom. The number of fused-ring (bicyclic) bond motifs is 3. The summed E-state index contributed by atoms with van der Waals surface area (Å²) in [6, 6.07) is 21.7. The monoisotopic (exact) mass is 516 g/mol. The van der Waals surface area contributed by atoms with E-state index in [0.29, 0.717) is 0 Å². The van der Waals surface area contributed by atoms with Gasteiger partial charge < -0.3 is 24.8 Å². The summed E-state index contributed by atoms with van der Waals surface area (Å²) in [4.78, 5) is 0. The molecule has 1 aliphatic carbocycles. The molecule has 0 bridgehead atoms. The standard InChI is InChI=1S/C21H25.C9H13.2ClH.Ti/c1-20(2,3)16-7-9-18-14(12-16)11-15-13-17(21(4,5)6)8-10-19(15)18;1-3-8-6-5-7-9(8)4-2;;;/h7-10,12H,11H2,1-6H3;5-7H,3-4H2,1-2H3;2*1H;/q2*-1;;;+4/p-2. The molecular formula is C30H38Cl2Ti. The van der Waals surface area contributed by atoms with Gasteiger partial charge in [-0.05, 0) is 28.4 Å². The predicted molar refractivity (Wildman–Crippen MR) is 132 cm³/mol. The van der Waals surface area contributed by atoms with E-state index in [4.69, 9.17) is 0 Å². The maximum atomic E-state index is 3.67. The predicted octanol–water partition coefficient (Wildman–Crippen LogP) is 2.19. The zero-order chi connectivity index (χ0) is 22.1. The largest absolute Gasteiger partial charge is 4.00 e. The first kappa shape index (κ1) is 32.1. The van der Waals surface area contributed by atoms with Gasteiger partial charge in [0.15, 0.2) is 0 Å². The van der Waals surface area contributed by atoms with E-state index in [9.17, 15) is 0 Å². The van der Waals surface area contributed by atoms with Crippen molar-refractivity contribution in [3.63, 3.8) is 0 Å². The van der Waals surface area contributed by atoms with Crippen molar-refractivity contribution < 1.29 is 46.5 Å². The van der Waals surface area contributed by atoms with Crippen LogP contribution in [-0.2, 0) is 51.8 Å². The molecule has 0 nitrogen and oxygen atoms in total. The minimum atomic E-state index is 0. The molecule has 0 unspecified atom stereocenters. The first-order chi connectivity index (χ1) is 14.0. The second-order valence-electron chi connectivity index (χ2n) is 10.6. The maximum Gasteiger partial charge on any atom is 4.00 e. The van der Waals surface area contributed by atoms with Crippen LogP contribution in [0.2, 0.25) is 0 Å². The number of rotatable bonds is 2. The van der Waals surface area contributed by atoms with Crippen molar-refractivity contribution in [3.8, 4) is 11.1 Å². The summed E-state index contributed by atoms with van der Waals surface area (Å²) in [6.07, 6.45) is 3.38. The first-order valence-electron chi connectivity index (χ1n) is 11.5. The molecule has 0 saturated heterocycles. The van der Waals surface area contributed by atoms with Crippen LogP contribution in [0.1, 0.15) is 88.8 Å². The van der Waals surface area contributed by atoms with E-state index in [1.165, 1.54) is 57.3 Å². The SMILES string of the molecule is CC(C)(C)c1[c-]c2c(cc1)-c1ccc(C(C)(C)C)cc1C2.CCc1ccc[c-]1CC.[Cl-].[Cl-].[Ti+4]. The molecule has 0 N–H and O–H groups in total. The molecule has 3 heteroatoms. The zero-order valence-corrected chi connectivity index (χ0v) is 24.6. The van der Waals surface area contributed by atoms with Crippen LogP contribution < -0.4 is 24.8 Å². The molecular weight excluding hydrogens is 479 g/mol. The van der Waals surface area contributed by atoms with Gasteiger partial charge in [0.25, 0.3) is 0 Å². The molecule has 1 aliphatic rings. The molecule has 0 spiro atoms. The van der Waals surface area contributed by atoms with Gasteiger partial charge in [0.1, 0.15) is 0 Å². The minimum absolute atomic E-state index is 0. The average molecular weight is 517 g/mol. The Labute approximate surface area is 230 Å². The molecule has 0 aliphatic heterocycles. The molecule has 0 heterocycles. The number of hydrogen-bond donors (Lipinski definition) is 0. The van der Waals surface area contributed by atoms with E-state index in [-0.39, 0.29) is 57.4 Å². The minimum Gasteiger partial charge on any atom is -1.00 e. The van der Waals surface area contributed by atoms with Crippen LogP contribution in [0, 0.1) is 6.07 Å². The van der Waals surface area contributed by atoms with E-state index in [2.05, 4.69) is 110 Å². The van der Waals surface area contributed by atoms with Crippen molar-refractivity contribution in [3.05, 3.63) is 88.0 Å². The van der Waals surface area contributed by atoms with Gasteiger partial charge in [0.05, 0.1) is 0 Å². The zero-order valence-electron chi connectivity index (χ0n) is 21.5. The molecule has 0 radical (unpaired) electrons. The van der Waals surface area contributed by atoms with Gasteiger partial charge in [-0.25, -0.2) is 12.1 Å². The van der Waals surface area contributed by atoms with Gasteiger partial charge in [0.2, 0.25) is 0 Å². The molecule has 0 fully saturated rings. The summed E-state index contributed by atoms with van der Waals surface area (Å²) in [6.45, 7) is 18.0. The van der Waals surface area contributed by atoms with Crippen molar-refractivity contribution in [2.24, 2.45) is 0 Å². The summed E-state index contributed by atoms with van der Waals surface area (Å²) in [5, 5.41) is 0. The van der Waals surface area contributed by atoms with E-state index in [1.54, 1.807) is 0 Å². The van der Waals surface area contributed by atoms with Gasteiger partial charge in [-0.3, -0.25) is 0 Å². The Bertz CT molecular complexity index is 937. The van der Waals surface area contributed by atoms with Gasteiger partial charge in [-0.15, -0.1) is 11.1 Å². The van der Waals surface area contributed by atoms with Gasteiger partial charge in [-0.1, -0.05) is 92.0 Å². The summed E-state index contributed by atoms with van der Waals surface area (Å²) >= 11 is 0. The summed E-state index contributed by atoms with van der Waals surface area (Å²) < 4.78 is 0. The fourth-order valence-electron chi connectivity index (χ4n) is 4.21. The van der Waals surface area contributed by atoms with Crippen LogP contribution in [0.4, 0.5) is 0 Å². The third-order valence-electron chi connectivity index (χ3n) is 6.23. The topological polar surface area (TPSA) is 0 Å². The van der Waals surface area contributed by atoms with E-state index < -0.39 is 0 Å². The van der Waals surface area contributed by atoms with E-state index >= 15 is 0 Å². The van der Waals surface area contributed by atoms with Crippen LogP contribution in [0.3, 0.4) is 0 Å². The fraction of sp³-hybridized carbons (Fsp3) is 0.433. The maximum absolute atomic E-state index is 3.67. The van der Waals surface area contributed by atoms with Crippen molar-refractivity contribution in [2.75, 3.05) is 0 Å². The van der Waals surface area contributed by atoms with Crippen LogP contribution in [0.25, 0.3) is 11.1 Å². The Hall–Kier alpha value is -0.916. The normalized spacial score (nSPS) is 11.6. The number of benzene rings is 2. The number of hydrogen-bond acceptors (Lipinski definition) is 0. The van der Waals surface area contributed by atoms with Crippen LogP contribution in [0.15, 0.2) is 48.5 Å². The molecule has 4 rings (SSSR count). The molecule has 176 valence electrons. The summed E-state index contributed by atoms with van der Waals surface area (Å²) in [5.74, 6) is 0. The summed E-state index contributed by atoms with van der Waals surface area (Å²) in [7, 11) is 0. The molecule has 0 amide bonds. The van der Waals surface area contributed by atoms with Crippen molar-refractivity contribution in [2.45, 2.75) is 85.5 Å². The third-order valence-corrected chi connectivity index (χ3v) is 6.23. The quantitative estimate of drug-likeness (QED) is 0.283. The molecule has 3 aromatic rings. The van der Waals surface area contributed by atoms with Crippen molar-refractivity contribution >= 4 is 0 Å². The number of halogens is 2. The van der Waals surface area contributed by atoms with Crippen LogP contribution >= 0.6 is 0 Å². The smallest absolute Gasteiger partial charge is 1.00 e. The molecule has 0 aromatic heterocycles. The second kappa shape index (κ2) is 12.7. The Morgan fingerprint density at radius 3 is 2.00 bits per heavy atom. The average Bonchev–Trinajstić information content (AvgIpc) is 3.29. The van der Waals surface area contributed by atoms with Gasteiger partial charge in [0, 0.05) is 0 Å². The van der Waals surface area contributed by atoms with Crippen molar-refractivity contribution in [1.29, 1.82) is 0 Å². The molecule has 0 atom stereocenters. The van der Waals surface area contributed by atoms with Crippen LogP contribution in [-0.4, -0.2) is 0 Å². The first-order valence-corrected chi connectivity index (χ1v) is 11.5. The fourth-order valence-corrected chi connectivity index (χ4v) is 4.21. The molecule has 0 saturated carbocycles. The van der Waals surface area contributed by atoms with Crippen LogP contribution in [0.5, 0.6) is 0 Å². The molecule has 3 aromatic carbocycles. The van der Waals surface area contributed by atoms with E-state index in [0.717, 1.165) is 6.42 Å². The van der Waals surface area contributed by atoms with Gasteiger partial charge in [-0.2, -0.15) is 41.0 Å². The molecule has 33 heavy (non-hydrogen) atoms. The third kappa shape index (κ3) is 7.53. The second-order valence-corrected chi connectivity index (χ2v) is 10.6. The Kier molecular flexibility index (Phi) is 12.3. The van der Waals surface area contributed by atoms with E-state index in [1.807, 2.05) is 0 Å².